The van der Waals surface area contributed by atoms with Crippen LogP contribution in [0.1, 0.15) is 187 Å². The predicted molar refractivity (Wildman–Crippen MR) is 194 cm³/mol. The lowest BCUT2D eigenvalue weighted by Gasteiger charge is -2.29. The van der Waals surface area contributed by atoms with E-state index >= 15 is 0 Å². The first kappa shape index (κ1) is 38.8. The van der Waals surface area contributed by atoms with Crippen LogP contribution < -0.4 is 0 Å². The maximum Gasteiger partial charge on any atom is 0.169 e. The summed E-state index contributed by atoms with van der Waals surface area (Å²) < 4.78 is 13.3. The Hall–Kier alpha value is -1.38. The van der Waals surface area contributed by atoms with Gasteiger partial charge in [0.25, 0.3) is 0 Å². The van der Waals surface area contributed by atoms with Crippen LogP contribution in [-0.4, -0.2) is 18.0 Å². The molecule has 0 radical (unpaired) electrons. The Balaban J connectivity index is 1.47. The molecule has 1 aliphatic carbocycles. The molecule has 2 atom stereocenters. The largest absolute Gasteiger partial charge is 0.344 e. The molecule has 0 N–H and O–H groups in total. The van der Waals surface area contributed by atoms with Gasteiger partial charge in [0.05, 0.1) is 12.2 Å². The first-order chi connectivity index (χ1) is 21.8. The summed E-state index contributed by atoms with van der Waals surface area (Å²) in [6.07, 6.45) is 57.9. The van der Waals surface area contributed by atoms with Crippen LogP contribution in [0.15, 0.2) is 60.8 Å². The van der Waals surface area contributed by atoms with Crippen molar-refractivity contribution in [3.63, 3.8) is 0 Å². The molecular formula is C42H72O2. The number of allylic oxidation sites excluding steroid dienone is 10. The first-order valence-electron chi connectivity index (χ1n) is 19.4. The second kappa shape index (κ2) is 27.9. The second-order valence-corrected chi connectivity index (χ2v) is 13.4. The summed E-state index contributed by atoms with van der Waals surface area (Å²) in [5.41, 5.74) is 0. The van der Waals surface area contributed by atoms with Crippen LogP contribution in [-0.2, 0) is 9.47 Å². The molecule has 1 heterocycles. The lowest BCUT2D eigenvalue weighted by Crippen LogP contribution is -2.31. The number of hydrogen-bond acceptors (Lipinski definition) is 2. The van der Waals surface area contributed by atoms with E-state index in [1.807, 2.05) is 0 Å². The summed E-state index contributed by atoms with van der Waals surface area (Å²) in [5.74, 6) is -0.267. The molecule has 0 spiro atoms. The maximum atomic E-state index is 6.67. The molecule has 0 aromatic heterocycles. The topological polar surface area (TPSA) is 18.5 Å². The van der Waals surface area contributed by atoms with Crippen molar-refractivity contribution >= 4 is 0 Å². The highest BCUT2D eigenvalue weighted by atomic mass is 16.8. The fraction of sp³-hybridized carbons (Fsp3) is 0.762. The van der Waals surface area contributed by atoms with Crippen molar-refractivity contribution in [3.05, 3.63) is 60.8 Å². The molecule has 0 aromatic carbocycles. The zero-order valence-corrected chi connectivity index (χ0v) is 29.3. The minimum absolute atomic E-state index is 0.267. The Bertz CT molecular complexity index is 776. The van der Waals surface area contributed by atoms with Gasteiger partial charge in [-0.1, -0.05) is 139 Å². The lowest BCUT2D eigenvalue weighted by atomic mass is 9.98. The van der Waals surface area contributed by atoms with Crippen LogP contribution in [0.3, 0.4) is 0 Å². The average Bonchev–Trinajstić information content (AvgIpc) is 3.60. The molecule has 0 bridgehead atoms. The van der Waals surface area contributed by atoms with Gasteiger partial charge in [0.1, 0.15) is 0 Å². The Morgan fingerprint density at radius 2 is 0.841 bits per heavy atom. The van der Waals surface area contributed by atoms with Crippen molar-refractivity contribution in [2.75, 3.05) is 0 Å². The Morgan fingerprint density at radius 1 is 0.455 bits per heavy atom. The fourth-order valence-electron chi connectivity index (χ4n) is 6.67. The van der Waals surface area contributed by atoms with Crippen molar-refractivity contribution in [2.24, 2.45) is 0 Å². The van der Waals surface area contributed by atoms with Crippen LogP contribution >= 0.6 is 0 Å². The van der Waals surface area contributed by atoms with Crippen LogP contribution in [0.4, 0.5) is 0 Å². The van der Waals surface area contributed by atoms with Crippen molar-refractivity contribution in [2.45, 2.75) is 205 Å². The van der Waals surface area contributed by atoms with Gasteiger partial charge >= 0.3 is 0 Å². The van der Waals surface area contributed by atoms with Gasteiger partial charge in [0, 0.05) is 12.8 Å². The maximum absolute atomic E-state index is 6.67. The van der Waals surface area contributed by atoms with Crippen LogP contribution in [0.2, 0.25) is 0 Å². The summed E-state index contributed by atoms with van der Waals surface area (Å²) in [4.78, 5) is 0. The van der Waals surface area contributed by atoms with Gasteiger partial charge in [-0.25, -0.2) is 0 Å². The number of ether oxygens (including phenoxy) is 2. The van der Waals surface area contributed by atoms with E-state index in [4.69, 9.17) is 9.47 Å². The normalized spacial score (nSPS) is 22.3. The van der Waals surface area contributed by atoms with Crippen LogP contribution in [0.25, 0.3) is 0 Å². The molecule has 0 amide bonds. The van der Waals surface area contributed by atoms with E-state index in [0.29, 0.717) is 12.2 Å². The predicted octanol–water partition coefficient (Wildman–Crippen LogP) is 13.8. The van der Waals surface area contributed by atoms with E-state index in [1.165, 1.54) is 135 Å². The highest BCUT2D eigenvalue weighted by Gasteiger charge is 2.48. The van der Waals surface area contributed by atoms with E-state index in [-0.39, 0.29) is 5.79 Å². The van der Waals surface area contributed by atoms with Crippen LogP contribution in [0.5, 0.6) is 0 Å². The minimum Gasteiger partial charge on any atom is -0.344 e. The molecule has 2 unspecified atom stereocenters. The number of rotatable bonds is 29. The third kappa shape index (κ3) is 19.9. The van der Waals surface area contributed by atoms with Gasteiger partial charge in [0.15, 0.2) is 5.79 Å². The zero-order valence-electron chi connectivity index (χ0n) is 29.3. The molecule has 252 valence electrons. The number of hydrogen-bond donors (Lipinski definition) is 0. The summed E-state index contributed by atoms with van der Waals surface area (Å²) in [6.45, 7) is 4.45. The Labute approximate surface area is 274 Å². The monoisotopic (exact) mass is 609 g/mol. The molecule has 1 aliphatic heterocycles. The van der Waals surface area contributed by atoms with Gasteiger partial charge in [-0.15, -0.1) is 0 Å². The van der Waals surface area contributed by atoms with E-state index in [0.717, 1.165) is 38.5 Å². The smallest absolute Gasteiger partial charge is 0.169 e. The number of unbranched alkanes of at least 4 members (excludes halogenated alkanes) is 15. The van der Waals surface area contributed by atoms with Gasteiger partial charge < -0.3 is 9.47 Å². The van der Waals surface area contributed by atoms with Crippen LogP contribution in [0, 0.1) is 0 Å². The van der Waals surface area contributed by atoms with E-state index in [1.54, 1.807) is 0 Å². The Morgan fingerprint density at radius 3 is 1.30 bits per heavy atom. The number of fused-ring (bicyclic) bond motifs is 1. The molecule has 2 nitrogen and oxygen atoms in total. The third-order valence-corrected chi connectivity index (χ3v) is 9.34. The van der Waals surface area contributed by atoms with E-state index in [2.05, 4.69) is 74.6 Å². The molecule has 1 saturated heterocycles. The van der Waals surface area contributed by atoms with Crippen molar-refractivity contribution in [3.8, 4) is 0 Å². The van der Waals surface area contributed by atoms with Gasteiger partial charge in [-0.3, -0.25) is 0 Å². The second-order valence-electron chi connectivity index (χ2n) is 13.4. The average molecular weight is 609 g/mol. The molecular weight excluding hydrogens is 536 g/mol. The zero-order chi connectivity index (χ0) is 31.2. The van der Waals surface area contributed by atoms with Crippen molar-refractivity contribution < 1.29 is 9.47 Å². The van der Waals surface area contributed by atoms with E-state index in [9.17, 15) is 0 Å². The Kier molecular flexibility index (Phi) is 24.6. The highest BCUT2D eigenvalue weighted by Crippen LogP contribution is 2.43. The highest BCUT2D eigenvalue weighted by molar-refractivity contribution is 4.97. The van der Waals surface area contributed by atoms with Crippen molar-refractivity contribution in [1.29, 1.82) is 0 Å². The van der Waals surface area contributed by atoms with E-state index < -0.39 is 0 Å². The molecule has 2 rings (SSSR count). The van der Waals surface area contributed by atoms with Gasteiger partial charge in [-0.05, 0) is 96.3 Å². The standard InChI is InChI=1S/C42H72O2/c1-3-5-7-9-11-13-15-17-19-21-23-25-27-29-31-33-38-42(43-40-36-35-37-41(40)44-42)39-34-32-30-28-26-24-22-20-18-16-14-12-10-8-6-4-2/h5,7,11-14,17-20,40-41H,3-4,6,8-10,15-16,21-39H2,1-2H3/b7-5-,13-11-,14-12-,19-17-,20-18-. The SMILES string of the molecule is CC/C=C\C/C=C\C/C=C\CCCCCCCCC1(CCCCCCCC/C=C\C/C=C\CCCCC)OC2CCCC2O1. The molecule has 0 aromatic rings. The summed E-state index contributed by atoms with van der Waals surface area (Å²) in [7, 11) is 0. The first-order valence-corrected chi connectivity index (χ1v) is 19.4. The molecule has 44 heavy (non-hydrogen) atoms. The minimum atomic E-state index is -0.267. The molecule has 1 saturated carbocycles. The quantitative estimate of drug-likeness (QED) is 0.0621. The lowest BCUT2D eigenvalue weighted by molar-refractivity contribution is -0.190. The van der Waals surface area contributed by atoms with Crippen molar-refractivity contribution in [1.82, 2.24) is 0 Å². The summed E-state index contributed by atoms with van der Waals surface area (Å²) >= 11 is 0. The summed E-state index contributed by atoms with van der Waals surface area (Å²) in [5, 5.41) is 0. The molecule has 2 aliphatic rings. The van der Waals surface area contributed by atoms with Gasteiger partial charge in [-0.2, -0.15) is 0 Å². The third-order valence-electron chi connectivity index (χ3n) is 9.34. The summed E-state index contributed by atoms with van der Waals surface area (Å²) in [6, 6.07) is 0. The molecule has 2 fully saturated rings. The molecule has 2 heteroatoms. The fourth-order valence-corrected chi connectivity index (χ4v) is 6.67. The van der Waals surface area contributed by atoms with Gasteiger partial charge in [0.2, 0.25) is 0 Å².